The van der Waals surface area contributed by atoms with Crippen molar-refractivity contribution in [3.8, 4) is 5.75 Å². The van der Waals surface area contributed by atoms with Gasteiger partial charge in [-0.05, 0) is 44.5 Å². The average Bonchev–Trinajstić information content (AvgIpc) is 2.98. The molecule has 0 N–H and O–H groups in total. The van der Waals surface area contributed by atoms with Crippen LogP contribution < -0.4 is 4.74 Å². The van der Waals surface area contributed by atoms with Gasteiger partial charge in [0, 0.05) is 10.9 Å². The van der Waals surface area contributed by atoms with Crippen LogP contribution in [0.4, 0.5) is 0 Å². The van der Waals surface area contributed by atoms with Gasteiger partial charge in [-0.25, -0.2) is 4.79 Å². The van der Waals surface area contributed by atoms with Gasteiger partial charge in [0.2, 0.25) is 0 Å². The molecular weight excluding hydrogens is 364 g/mol. The van der Waals surface area contributed by atoms with E-state index in [0.717, 1.165) is 17.3 Å². The topological polar surface area (TPSA) is 74.5 Å². The zero-order chi connectivity index (χ0) is 16.8. The molecule has 7 heteroatoms. The lowest BCUT2D eigenvalue weighted by Crippen LogP contribution is -2.27. The molecule has 2 unspecified atom stereocenters. The van der Waals surface area contributed by atoms with E-state index in [1.165, 1.54) is 0 Å². The van der Waals surface area contributed by atoms with Crippen LogP contribution in [0.15, 0.2) is 33.3 Å². The first-order valence-electron chi connectivity index (χ1n) is 7.44. The van der Waals surface area contributed by atoms with E-state index in [-0.39, 0.29) is 5.89 Å². The van der Waals surface area contributed by atoms with Crippen molar-refractivity contribution in [2.24, 2.45) is 0 Å². The summed E-state index contributed by atoms with van der Waals surface area (Å²) in [7, 11) is 0. The number of hydrogen-bond acceptors (Lipinski definition) is 6. The van der Waals surface area contributed by atoms with E-state index in [0.29, 0.717) is 11.6 Å². The van der Waals surface area contributed by atoms with Crippen LogP contribution in [-0.4, -0.2) is 22.2 Å². The summed E-state index contributed by atoms with van der Waals surface area (Å²) in [6.07, 6.45) is 0.298. The van der Waals surface area contributed by atoms with Crippen molar-refractivity contribution in [1.82, 2.24) is 10.1 Å². The highest BCUT2D eigenvalue weighted by atomic mass is 79.9. The lowest BCUT2D eigenvalue weighted by Gasteiger charge is -2.16. The number of aryl methyl sites for hydroxylation is 1. The quantitative estimate of drug-likeness (QED) is 0.676. The Morgan fingerprint density at radius 3 is 2.65 bits per heavy atom. The second-order valence-electron chi connectivity index (χ2n) is 5.09. The molecule has 0 aliphatic carbocycles. The number of ether oxygens (including phenoxy) is 2. The first-order valence-corrected chi connectivity index (χ1v) is 8.24. The first-order chi connectivity index (χ1) is 11.0. The summed E-state index contributed by atoms with van der Waals surface area (Å²) >= 11 is 3.34. The molecule has 1 heterocycles. The number of nitrogens with zero attached hydrogens (tertiary/aromatic N) is 2. The Morgan fingerprint density at radius 2 is 2.00 bits per heavy atom. The second kappa shape index (κ2) is 8.10. The molecule has 6 nitrogen and oxygen atoms in total. The summed E-state index contributed by atoms with van der Waals surface area (Å²) in [5, 5.41) is 3.84. The molecule has 1 aromatic carbocycles. The van der Waals surface area contributed by atoms with Gasteiger partial charge in [0.1, 0.15) is 5.75 Å². The van der Waals surface area contributed by atoms with Gasteiger partial charge in [-0.15, -0.1) is 0 Å². The zero-order valence-electron chi connectivity index (χ0n) is 13.3. The van der Waals surface area contributed by atoms with E-state index >= 15 is 0 Å². The van der Waals surface area contributed by atoms with Crippen LogP contribution in [0.3, 0.4) is 0 Å². The molecular formula is C16H19BrN2O4. The third kappa shape index (κ3) is 5.06. The van der Waals surface area contributed by atoms with Crippen LogP contribution in [-0.2, 0) is 16.0 Å². The van der Waals surface area contributed by atoms with Crippen molar-refractivity contribution in [1.29, 1.82) is 0 Å². The number of halogens is 1. The van der Waals surface area contributed by atoms with Gasteiger partial charge < -0.3 is 14.0 Å². The number of carbonyl (C=O) groups excluding carboxylic acids is 1. The SMILES string of the molecule is CCCc1noc(C(C)OC(=O)C(C)Oc2ccc(Br)cc2)n1. The maximum atomic E-state index is 12.1. The Hall–Kier alpha value is -1.89. The van der Waals surface area contributed by atoms with Crippen molar-refractivity contribution < 1.29 is 18.8 Å². The molecule has 2 aromatic rings. The number of benzene rings is 1. The zero-order valence-corrected chi connectivity index (χ0v) is 14.9. The lowest BCUT2D eigenvalue weighted by atomic mass is 10.3. The number of aromatic nitrogens is 2. The van der Waals surface area contributed by atoms with Crippen LogP contribution in [0, 0.1) is 0 Å². The standard InChI is InChI=1S/C16H19BrN2O4/c1-4-5-14-18-15(23-19-14)10(2)22-16(20)11(3)21-13-8-6-12(17)7-9-13/h6-11H,4-5H2,1-3H3. The molecule has 23 heavy (non-hydrogen) atoms. The maximum Gasteiger partial charge on any atom is 0.347 e. The molecule has 2 atom stereocenters. The van der Waals surface area contributed by atoms with Crippen molar-refractivity contribution in [3.05, 3.63) is 40.5 Å². The first kappa shape index (κ1) is 17.5. The molecule has 0 spiro atoms. The molecule has 0 radical (unpaired) electrons. The lowest BCUT2D eigenvalue weighted by molar-refractivity contribution is -0.157. The monoisotopic (exact) mass is 382 g/mol. The van der Waals surface area contributed by atoms with Crippen LogP contribution in [0.25, 0.3) is 0 Å². The highest BCUT2D eigenvalue weighted by Crippen LogP contribution is 2.19. The molecule has 0 aliphatic rings. The third-order valence-corrected chi connectivity index (χ3v) is 3.59. The van der Waals surface area contributed by atoms with Crippen molar-refractivity contribution in [3.63, 3.8) is 0 Å². The predicted molar refractivity (Wildman–Crippen MR) is 87.0 cm³/mol. The fourth-order valence-electron chi connectivity index (χ4n) is 1.84. The van der Waals surface area contributed by atoms with Crippen LogP contribution >= 0.6 is 15.9 Å². The maximum absolute atomic E-state index is 12.1. The van der Waals surface area contributed by atoms with Gasteiger partial charge >= 0.3 is 5.97 Å². The summed E-state index contributed by atoms with van der Waals surface area (Å²) in [6.45, 7) is 5.35. The van der Waals surface area contributed by atoms with Gasteiger partial charge in [-0.3, -0.25) is 0 Å². The van der Waals surface area contributed by atoms with Gasteiger partial charge in [0.05, 0.1) is 0 Å². The van der Waals surface area contributed by atoms with Crippen molar-refractivity contribution >= 4 is 21.9 Å². The third-order valence-electron chi connectivity index (χ3n) is 3.06. The summed E-state index contributed by atoms with van der Waals surface area (Å²) in [5.74, 6) is 1.01. The van der Waals surface area contributed by atoms with Crippen LogP contribution in [0.5, 0.6) is 5.75 Å². The number of carbonyl (C=O) groups is 1. The Balaban J connectivity index is 1.90. The highest BCUT2D eigenvalue weighted by Gasteiger charge is 2.23. The number of rotatable bonds is 7. The van der Waals surface area contributed by atoms with E-state index in [1.807, 2.05) is 19.1 Å². The molecule has 0 saturated heterocycles. The highest BCUT2D eigenvalue weighted by molar-refractivity contribution is 9.10. The molecule has 1 aromatic heterocycles. The smallest absolute Gasteiger partial charge is 0.347 e. The minimum absolute atomic E-state index is 0.289. The molecule has 124 valence electrons. The molecule has 0 fully saturated rings. The minimum Gasteiger partial charge on any atom is -0.479 e. The fourth-order valence-corrected chi connectivity index (χ4v) is 2.11. The fraction of sp³-hybridized carbons (Fsp3) is 0.438. The van der Waals surface area contributed by atoms with E-state index in [2.05, 4.69) is 26.1 Å². The van der Waals surface area contributed by atoms with Gasteiger partial charge in [0.25, 0.3) is 5.89 Å². The largest absolute Gasteiger partial charge is 0.479 e. The summed E-state index contributed by atoms with van der Waals surface area (Å²) < 4.78 is 16.9. The van der Waals surface area contributed by atoms with Gasteiger partial charge in [-0.1, -0.05) is 28.0 Å². The van der Waals surface area contributed by atoms with Crippen LogP contribution in [0.2, 0.25) is 0 Å². The van der Waals surface area contributed by atoms with E-state index < -0.39 is 18.2 Å². The predicted octanol–water partition coefficient (Wildman–Crippen LogP) is 3.86. The normalized spacial score (nSPS) is 13.4. The summed E-state index contributed by atoms with van der Waals surface area (Å²) in [6, 6.07) is 7.21. The second-order valence-corrected chi connectivity index (χ2v) is 6.01. The van der Waals surface area contributed by atoms with Gasteiger partial charge in [0.15, 0.2) is 18.0 Å². The minimum atomic E-state index is -0.739. The Morgan fingerprint density at radius 1 is 1.30 bits per heavy atom. The van der Waals surface area contributed by atoms with Crippen molar-refractivity contribution in [2.75, 3.05) is 0 Å². The van der Waals surface area contributed by atoms with Crippen LogP contribution in [0.1, 0.15) is 45.0 Å². The average molecular weight is 383 g/mol. The summed E-state index contributed by atoms with van der Waals surface area (Å²) in [5.41, 5.74) is 0. The molecule has 0 bridgehead atoms. The Labute approximate surface area is 143 Å². The van der Waals surface area contributed by atoms with Crippen molar-refractivity contribution in [2.45, 2.75) is 45.8 Å². The number of hydrogen-bond donors (Lipinski definition) is 0. The summed E-state index contributed by atoms with van der Waals surface area (Å²) in [4.78, 5) is 16.3. The Bertz CT molecular complexity index is 642. The molecule has 2 rings (SSSR count). The molecule has 0 saturated carbocycles. The molecule has 0 aliphatic heterocycles. The Kier molecular flexibility index (Phi) is 6.15. The van der Waals surface area contributed by atoms with E-state index in [9.17, 15) is 4.79 Å². The van der Waals surface area contributed by atoms with Gasteiger partial charge in [-0.2, -0.15) is 4.98 Å². The number of esters is 1. The van der Waals surface area contributed by atoms with E-state index in [1.54, 1.807) is 26.0 Å². The van der Waals surface area contributed by atoms with E-state index in [4.69, 9.17) is 14.0 Å². The molecule has 0 amide bonds.